The lowest BCUT2D eigenvalue weighted by Gasteiger charge is -2.44. The summed E-state index contributed by atoms with van der Waals surface area (Å²) in [6, 6.07) is 0.855. The largest absolute Gasteiger partial charge is 0.468 e. The van der Waals surface area contributed by atoms with E-state index in [4.69, 9.17) is 10.5 Å². The fourth-order valence-corrected chi connectivity index (χ4v) is 10.9. The van der Waals surface area contributed by atoms with Crippen LogP contribution in [0.1, 0.15) is 61.3 Å². The Bertz CT molecular complexity index is 294. The molecule has 0 bridgehead atoms. The molecule has 0 unspecified atom stereocenters. The Balaban J connectivity index is 4.73. The van der Waals surface area contributed by atoms with E-state index in [0.717, 1.165) is 23.0 Å². The number of carbonyl (C=O) groups is 1. The Morgan fingerprint density at radius 3 is 1.76 bits per heavy atom. The van der Waals surface area contributed by atoms with Gasteiger partial charge in [0.05, 0.1) is 15.2 Å². The molecule has 21 heavy (non-hydrogen) atoms. The van der Waals surface area contributed by atoms with Crippen molar-refractivity contribution in [2.75, 3.05) is 7.11 Å². The number of rotatable bonds is 9. The number of nitrogens with two attached hydrogens (primary N) is 1. The summed E-state index contributed by atoms with van der Waals surface area (Å²) >= 11 is 0. The van der Waals surface area contributed by atoms with Gasteiger partial charge in [-0.1, -0.05) is 77.6 Å². The van der Waals surface area contributed by atoms with Crippen LogP contribution in [0.4, 0.5) is 0 Å². The molecule has 126 valence electrons. The van der Waals surface area contributed by atoms with Gasteiger partial charge >= 0.3 is 5.97 Å². The van der Waals surface area contributed by atoms with E-state index < -0.39 is 14.1 Å². The number of hydrogen-bond acceptors (Lipinski definition) is 3. The van der Waals surface area contributed by atoms with Crippen LogP contribution in [0.2, 0.25) is 22.7 Å². The molecule has 0 aromatic heterocycles. The zero-order valence-electron chi connectivity index (χ0n) is 15.4. The normalized spacial score (nSPS) is 15.6. The molecule has 2 atom stereocenters. The summed E-state index contributed by atoms with van der Waals surface area (Å²) in [5, 5.41) is 0. The topological polar surface area (TPSA) is 52.3 Å². The first kappa shape index (κ1) is 20.6. The Morgan fingerprint density at radius 1 is 1.00 bits per heavy atom. The molecule has 0 saturated heterocycles. The van der Waals surface area contributed by atoms with E-state index in [9.17, 15) is 4.79 Å². The van der Waals surface area contributed by atoms with Crippen molar-refractivity contribution in [1.29, 1.82) is 0 Å². The summed E-state index contributed by atoms with van der Waals surface area (Å²) in [6.07, 6.45) is 1.90. The van der Waals surface area contributed by atoms with Crippen LogP contribution in [0.15, 0.2) is 0 Å². The molecule has 0 saturated carbocycles. The number of methoxy groups -OCH3 is 1. The van der Waals surface area contributed by atoms with Gasteiger partial charge in [-0.2, -0.15) is 0 Å². The van der Waals surface area contributed by atoms with Crippen molar-refractivity contribution in [2.24, 2.45) is 11.7 Å². The van der Waals surface area contributed by atoms with Crippen molar-refractivity contribution in [2.45, 2.75) is 90.0 Å². The van der Waals surface area contributed by atoms with Crippen LogP contribution < -0.4 is 5.73 Å². The van der Waals surface area contributed by atoms with Gasteiger partial charge in [0.25, 0.3) is 0 Å². The molecule has 0 rings (SSSR count). The van der Waals surface area contributed by atoms with Gasteiger partial charge in [0.1, 0.15) is 6.04 Å². The van der Waals surface area contributed by atoms with E-state index in [2.05, 4.69) is 48.5 Å². The lowest BCUT2D eigenvalue weighted by molar-refractivity contribution is -0.142. The van der Waals surface area contributed by atoms with E-state index >= 15 is 0 Å². The summed E-state index contributed by atoms with van der Waals surface area (Å²) in [7, 11) is 0.0700. The van der Waals surface area contributed by atoms with Gasteiger partial charge in [0.2, 0.25) is 0 Å². The number of hydrogen-bond donors (Lipinski definition) is 1. The molecule has 0 aliphatic heterocycles. The van der Waals surface area contributed by atoms with Crippen molar-refractivity contribution in [3.63, 3.8) is 0 Å². The quantitative estimate of drug-likeness (QED) is 0.500. The Hall–Kier alpha value is -0.353. The molecule has 2 N–H and O–H groups in total. The molecular weight excluding hydrogens is 278 g/mol. The Labute approximate surface area is 133 Å². The van der Waals surface area contributed by atoms with Crippen LogP contribution in [-0.2, 0) is 9.53 Å². The summed E-state index contributed by atoms with van der Waals surface area (Å²) in [5.41, 5.74) is 8.26. The maximum atomic E-state index is 11.4. The zero-order chi connectivity index (χ0) is 16.8. The SMILES string of the molecule is COC(=O)[C@@H](N)C[C@H](C)CC[Si](C(C)C)(C(C)C)C(C)C. The monoisotopic (exact) mass is 315 g/mol. The number of carbonyl (C=O) groups excluding carboxylic acids is 1. The molecule has 0 aromatic carbocycles. The maximum absolute atomic E-state index is 11.4. The van der Waals surface area contributed by atoms with Gasteiger partial charge in [-0.15, -0.1) is 0 Å². The average Bonchev–Trinajstić information content (AvgIpc) is 2.36. The van der Waals surface area contributed by atoms with Crippen molar-refractivity contribution in [1.82, 2.24) is 0 Å². The number of ether oxygens (including phenoxy) is 1. The van der Waals surface area contributed by atoms with E-state index in [0.29, 0.717) is 5.92 Å². The van der Waals surface area contributed by atoms with Gasteiger partial charge in [-0.05, 0) is 12.3 Å². The summed E-state index contributed by atoms with van der Waals surface area (Å²) < 4.78 is 4.72. The van der Waals surface area contributed by atoms with E-state index in [1.165, 1.54) is 19.6 Å². The predicted octanol–water partition coefficient (Wildman–Crippen LogP) is 4.58. The molecule has 3 nitrogen and oxygen atoms in total. The molecule has 0 aliphatic carbocycles. The van der Waals surface area contributed by atoms with Crippen LogP contribution in [-0.4, -0.2) is 27.2 Å². The molecular formula is C17H37NO2Si. The van der Waals surface area contributed by atoms with E-state index in [1.807, 2.05) is 0 Å². The fraction of sp³-hybridized carbons (Fsp3) is 0.941. The third-order valence-corrected chi connectivity index (χ3v) is 13.1. The molecule has 0 aliphatic rings. The summed E-state index contributed by atoms with van der Waals surface area (Å²) in [5.74, 6) is 0.184. The minimum Gasteiger partial charge on any atom is -0.468 e. The van der Waals surface area contributed by atoms with Crippen LogP contribution in [0.3, 0.4) is 0 Å². The average molecular weight is 316 g/mol. The van der Waals surface area contributed by atoms with Crippen molar-refractivity contribution >= 4 is 14.0 Å². The Kier molecular flexibility index (Phi) is 8.79. The van der Waals surface area contributed by atoms with Gasteiger partial charge in [-0.3, -0.25) is 4.79 Å². The van der Waals surface area contributed by atoms with Gasteiger partial charge in [0.15, 0.2) is 0 Å². The number of esters is 1. The first-order valence-corrected chi connectivity index (χ1v) is 10.9. The molecule has 0 heterocycles. The van der Waals surface area contributed by atoms with Crippen LogP contribution in [0.25, 0.3) is 0 Å². The smallest absolute Gasteiger partial charge is 0.322 e. The van der Waals surface area contributed by atoms with Crippen molar-refractivity contribution < 1.29 is 9.53 Å². The predicted molar refractivity (Wildman–Crippen MR) is 94.2 cm³/mol. The first-order chi connectivity index (χ1) is 9.59. The molecule has 0 fully saturated rings. The van der Waals surface area contributed by atoms with Crippen molar-refractivity contribution in [3.8, 4) is 0 Å². The van der Waals surface area contributed by atoms with Crippen LogP contribution in [0, 0.1) is 5.92 Å². The van der Waals surface area contributed by atoms with Crippen LogP contribution >= 0.6 is 0 Å². The molecule has 0 radical (unpaired) electrons. The highest BCUT2D eigenvalue weighted by Crippen LogP contribution is 2.45. The maximum Gasteiger partial charge on any atom is 0.322 e. The van der Waals surface area contributed by atoms with E-state index in [-0.39, 0.29) is 5.97 Å². The Morgan fingerprint density at radius 2 is 1.43 bits per heavy atom. The lowest BCUT2D eigenvalue weighted by Crippen LogP contribution is -2.44. The van der Waals surface area contributed by atoms with E-state index in [1.54, 1.807) is 0 Å². The highest BCUT2D eigenvalue weighted by Gasteiger charge is 2.42. The minimum atomic E-state index is -1.33. The van der Waals surface area contributed by atoms with Crippen molar-refractivity contribution in [3.05, 3.63) is 0 Å². The summed E-state index contributed by atoms with van der Waals surface area (Å²) in [6.45, 7) is 16.6. The molecule has 4 heteroatoms. The molecule has 0 amide bonds. The zero-order valence-corrected chi connectivity index (χ0v) is 16.4. The van der Waals surface area contributed by atoms with Gasteiger partial charge in [-0.25, -0.2) is 0 Å². The molecule has 0 aromatic rings. The third-order valence-electron chi connectivity index (χ3n) is 5.46. The molecule has 0 spiro atoms. The minimum absolute atomic E-state index is 0.290. The van der Waals surface area contributed by atoms with Crippen LogP contribution in [0.5, 0.6) is 0 Å². The fourth-order valence-electron chi connectivity index (χ4n) is 4.16. The third kappa shape index (κ3) is 5.40. The lowest BCUT2D eigenvalue weighted by atomic mass is 10.00. The highest BCUT2D eigenvalue weighted by atomic mass is 28.3. The summed E-state index contributed by atoms with van der Waals surface area (Å²) in [4.78, 5) is 11.4. The standard InChI is InChI=1S/C17H37NO2Si/c1-12(2)21(13(3)4,14(5)6)10-9-15(7)11-16(18)17(19)20-8/h12-16H,9-11,18H2,1-8H3/t15-,16+/m1/s1. The van der Waals surface area contributed by atoms with Gasteiger partial charge in [0, 0.05) is 0 Å². The first-order valence-electron chi connectivity index (χ1n) is 8.42. The highest BCUT2D eigenvalue weighted by molar-refractivity contribution is 6.83. The second kappa shape index (κ2) is 8.94. The second-order valence-corrected chi connectivity index (χ2v) is 13.8. The van der Waals surface area contributed by atoms with Gasteiger partial charge < -0.3 is 10.5 Å². The second-order valence-electron chi connectivity index (χ2n) is 7.59.